The molecule has 0 aliphatic carbocycles. The highest BCUT2D eigenvalue weighted by Crippen LogP contribution is 2.35. The van der Waals surface area contributed by atoms with Crippen LogP contribution in [0.4, 0.5) is 0 Å². The summed E-state index contributed by atoms with van der Waals surface area (Å²) in [5, 5.41) is 17.2. The summed E-state index contributed by atoms with van der Waals surface area (Å²) in [6.45, 7) is 1.02. The molecule has 1 aliphatic rings. The molecule has 1 aromatic heterocycles. The van der Waals surface area contributed by atoms with Crippen LogP contribution in [0.3, 0.4) is 0 Å². The Labute approximate surface area is 167 Å². The first-order valence-electron chi connectivity index (χ1n) is 8.98. The van der Waals surface area contributed by atoms with Gasteiger partial charge in [-0.2, -0.15) is 15.5 Å². The minimum absolute atomic E-state index is 0.254. The van der Waals surface area contributed by atoms with Gasteiger partial charge >= 0.3 is 0 Å². The van der Waals surface area contributed by atoms with Gasteiger partial charge in [-0.3, -0.25) is 4.79 Å². The quantitative estimate of drug-likeness (QED) is 0.536. The van der Waals surface area contributed by atoms with Crippen molar-refractivity contribution in [2.24, 2.45) is 5.10 Å². The van der Waals surface area contributed by atoms with Gasteiger partial charge in [0.05, 0.1) is 18.0 Å². The third-order valence-electron chi connectivity index (χ3n) is 4.21. The fraction of sp³-hybridized carbons (Fsp3) is 0.143. The van der Waals surface area contributed by atoms with Gasteiger partial charge in [0.25, 0.3) is 5.91 Å². The molecule has 2 aromatic carbocycles. The molecule has 0 spiro atoms. The molecule has 0 saturated heterocycles. The number of fused-ring (bicyclic) bond motifs is 1. The molecule has 0 atom stereocenters. The van der Waals surface area contributed by atoms with Crippen LogP contribution in [0.15, 0.2) is 59.8 Å². The monoisotopic (exact) mass is 387 g/mol. The summed E-state index contributed by atoms with van der Waals surface area (Å²) >= 11 is 0. The number of nitriles is 1. The Bertz CT molecular complexity index is 1100. The van der Waals surface area contributed by atoms with Gasteiger partial charge in [0.1, 0.15) is 25.3 Å². The highest BCUT2D eigenvalue weighted by atomic mass is 16.6. The van der Waals surface area contributed by atoms with Crippen molar-refractivity contribution in [1.29, 1.82) is 5.26 Å². The number of benzene rings is 2. The fourth-order valence-corrected chi connectivity index (χ4v) is 2.89. The molecule has 8 heteroatoms. The number of carbonyl (C=O) groups excluding carboxylic acids is 1. The molecule has 1 amide bonds. The molecule has 1 aliphatic heterocycles. The van der Waals surface area contributed by atoms with Gasteiger partial charge in [-0.05, 0) is 30.3 Å². The second-order valence-corrected chi connectivity index (χ2v) is 6.20. The average Bonchev–Trinajstić information content (AvgIpc) is 3.18. The molecular weight excluding hydrogens is 370 g/mol. The number of hydrogen-bond donors (Lipinski definition) is 1. The lowest BCUT2D eigenvalue weighted by Crippen LogP contribution is -2.16. The van der Waals surface area contributed by atoms with Crippen LogP contribution in [0, 0.1) is 11.3 Å². The standard InChI is InChI=1S/C21H17N5O3/c22-9-8-20(27)24-23-13-16-14-26(17-4-2-1-3-5-17)25-21(16)15-6-7-18-19(12-15)29-11-10-28-18/h1-7,12-14H,8,10-11H2,(H,24,27). The maximum atomic E-state index is 11.5. The normalized spacial score (nSPS) is 12.5. The van der Waals surface area contributed by atoms with Crippen molar-refractivity contribution in [2.45, 2.75) is 6.42 Å². The summed E-state index contributed by atoms with van der Waals surface area (Å²) in [6, 6.07) is 17.1. The predicted octanol–water partition coefficient (Wildman–Crippen LogP) is 2.67. The van der Waals surface area contributed by atoms with E-state index in [1.54, 1.807) is 10.8 Å². The Morgan fingerprint density at radius 2 is 2.00 bits per heavy atom. The zero-order chi connectivity index (χ0) is 20.1. The molecule has 144 valence electrons. The highest BCUT2D eigenvalue weighted by molar-refractivity contribution is 5.90. The summed E-state index contributed by atoms with van der Waals surface area (Å²) < 4.78 is 13.0. The zero-order valence-corrected chi connectivity index (χ0v) is 15.4. The Morgan fingerprint density at radius 1 is 1.21 bits per heavy atom. The number of para-hydroxylation sites is 1. The number of carbonyl (C=O) groups is 1. The van der Waals surface area contributed by atoms with Crippen molar-refractivity contribution in [1.82, 2.24) is 15.2 Å². The maximum absolute atomic E-state index is 11.5. The minimum atomic E-state index is -0.472. The molecule has 3 aromatic rings. The minimum Gasteiger partial charge on any atom is -0.486 e. The van der Waals surface area contributed by atoms with Crippen molar-refractivity contribution >= 4 is 12.1 Å². The number of aromatic nitrogens is 2. The van der Waals surface area contributed by atoms with Crippen LogP contribution in [-0.2, 0) is 4.79 Å². The van der Waals surface area contributed by atoms with Crippen LogP contribution in [0.25, 0.3) is 16.9 Å². The van der Waals surface area contributed by atoms with Crippen LogP contribution in [0.1, 0.15) is 12.0 Å². The third kappa shape index (κ3) is 4.09. The lowest BCUT2D eigenvalue weighted by Gasteiger charge is -2.18. The van der Waals surface area contributed by atoms with E-state index in [1.165, 1.54) is 6.21 Å². The molecular formula is C21H17N5O3. The fourth-order valence-electron chi connectivity index (χ4n) is 2.89. The van der Waals surface area contributed by atoms with E-state index >= 15 is 0 Å². The van der Waals surface area contributed by atoms with Crippen molar-refractivity contribution in [3.05, 3.63) is 60.3 Å². The lowest BCUT2D eigenvalue weighted by atomic mass is 10.1. The van der Waals surface area contributed by atoms with Gasteiger partial charge in [-0.1, -0.05) is 18.2 Å². The van der Waals surface area contributed by atoms with E-state index in [1.807, 2.05) is 54.7 Å². The first-order valence-corrected chi connectivity index (χ1v) is 8.98. The van der Waals surface area contributed by atoms with Gasteiger partial charge in [0.2, 0.25) is 0 Å². The van der Waals surface area contributed by atoms with Gasteiger partial charge < -0.3 is 9.47 Å². The number of ether oxygens (including phenoxy) is 2. The molecule has 0 bridgehead atoms. The number of nitrogens with one attached hydrogen (secondary N) is 1. The molecule has 0 saturated carbocycles. The predicted molar refractivity (Wildman–Crippen MR) is 106 cm³/mol. The van der Waals surface area contributed by atoms with E-state index in [0.717, 1.165) is 11.3 Å². The van der Waals surface area contributed by atoms with E-state index in [9.17, 15) is 4.79 Å². The average molecular weight is 387 g/mol. The molecule has 8 nitrogen and oxygen atoms in total. The molecule has 29 heavy (non-hydrogen) atoms. The lowest BCUT2D eigenvalue weighted by molar-refractivity contribution is -0.120. The van der Waals surface area contributed by atoms with Crippen molar-refractivity contribution in [3.8, 4) is 34.5 Å². The topological polar surface area (TPSA) is 102 Å². The molecule has 4 rings (SSSR count). The smallest absolute Gasteiger partial charge is 0.254 e. The molecule has 0 radical (unpaired) electrons. The summed E-state index contributed by atoms with van der Waals surface area (Å²) in [5.74, 6) is 0.884. The summed E-state index contributed by atoms with van der Waals surface area (Å²) in [5.41, 5.74) is 5.42. The maximum Gasteiger partial charge on any atom is 0.254 e. The Balaban J connectivity index is 1.71. The SMILES string of the molecule is N#CCC(=O)NN=Cc1cn(-c2ccccc2)nc1-c1ccc2c(c1)OCCO2. The molecule has 0 unspecified atom stereocenters. The number of amides is 1. The zero-order valence-electron chi connectivity index (χ0n) is 15.4. The second-order valence-electron chi connectivity index (χ2n) is 6.20. The van der Waals surface area contributed by atoms with Crippen molar-refractivity contribution < 1.29 is 14.3 Å². The van der Waals surface area contributed by atoms with E-state index in [4.69, 9.17) is 19.8 Å². The number of hydrogen-bond acceptors (Lipinski definition) is 6. The summed E-state index contributed by atoms with van der Waals surface area (Å²) in [6.07, 6.45) is 3.07. The van der Waals surface area contributed by atoms with Gasteiger partial charge in [0, 0.05) is 17.3 Å². The summed E-state index contributed by atoms with van der Waals surface area (Å²) in [7, 11) is 0. The van der Waals surface area contributed by atoms with Crippen LogP contribution in [0.2, 0.25) is 0 Å². The van der Waals surface area contributed by atoms with Crippen LogP contribution in [-0.4, -0.2) is 35.1 Å². The number of nitrogens with zero attached hydrogens (tertiary/aromatic N) is 4. The van der Waals surface area contributed by atoms with E-state index in [2.05, 4.69) is 10.5 Å². The first kappa shape index (κ1) is 18.3. The van der Waals surface area contributed by atoms with Gasteiger partial charge in [-0.25, -0.2) is 10.1 Å². The largest absolute Gasteiger partial charge is 0.486 e. The van der Waals surface area contributed by atoms with Crippen LogP contribution in [0.5, 0.6) is 11.5 Å². The molecule has 0 fully saturated rings. The Kier molecular flexibility index (Phi) is 5.21. The summed E-state index contributed by atoms with van der Waals surface area (Å²) in [4.78, 5) is 11.5. The molecule has 1 N–H and O–H groups in total. The van der Waals surface area contributed by atoms with Gasteiger partial charge in [-0.15, -0.1) is 0 Å². The third-order valence-corrected chi connectivity index (χ3v) is 4.21. The highest BCUT2D eigenvalue weighted by Gasteiger charge is 2.16. The Morgan fingerprint density at radius 3 is 2.79 bits per heavy atom. The number of hydrazone groups is 1. The number of rotatable bonds is 5. The van der Waals surface area contributed by atoms with Crippen LogP contribution >= 0.6 is 0 Å². The first-order chi connectivity index (χ1) is 14.2. The van der Waals surface area contributed by atoms with Crippen LogP contribution < -0.4 is 14.9 Å². The van der Waals surface area contributed by atoms with Gasteiger partial charge in [0.15, 0.2) is 11.5 Å². The molecule has 2 heterocycles. The van der Waals surface area contributed by atoms with Crippen molar-refractivity contribution in [2.75, 3.05) is 13.2 Å². The van der Waals surface area contributed by atoms with Crippen molar-refractivity contribution in [3.63, 3.8) is 0 Å². The Hall–Kier alpha value is -4.12. The van der Waals surface area contributed by atoms with E-state index in [0.29, 0.717) is 36.0 Å². The van der Waals surface area contributed by atoms with E-state index in [-0.39, 0.29) is 6.42 Å². The second kappa shape index (κ2) is 8.27. The van der Waals surface area contributed by atoms with E-state index < -0.39 is 5.91 Å².